The Morgan fingerprint density at radius 3 is 1.33 bits per heavy atom. The van der Waals surface area contributed by atoms with Crippen molar-refractivity contribution >= 4 is 21.7 Å². The molecule has 0 bridgehead atoms. The van der Waals surface area contributed by atoms with Crippen LogP contribution >= 0.6 is 0 Å². The molecule has 0 spiro atoms. The summed E-state index contributed by atoms with van der Waals surface area (Å²) < 4.78 is 2.39. The Kier molecular flexibility index (Phi) is 8.12. The summed E-state index contributed by atoms with van der Waals surface area (Å²) in [6.07, 6.45) is 0. The van der Waals surface area contributed by atoms with Gasteiger partial charge in [0.15, 0.2) is 17.5 Å². The van der Waals surface area contributed by atoms with Gasteiger partial charge in [-0.15, -0.1) is 0 Å². The first kappa shape index (κ1) is 32.2. The molecule has 0 amide bonds. The summed E-state index contributed by atoms with van der Waals surface area (Å²) in [5, 5.41) is 3.74. The predicted molar refractivity (Wildman–Crippen MR) is 227 cm³/mol. The number of rotatable bonds is 7. The van der Waals surface area contributed by atoms with Crippen molar-refractivity contribution in [3.63, 3.8) is 0 Å². The van der Waals surface area contributed by atoms with Crippen LogP contribution < -0.4 is 0 Å². The predicted octanol–water partition coefficient (Wildman–Crippen LogP) is 13.0. The first-order chi connectivity index (χ1) is 27.2. The van der Waals surface area contributed by atoms with E-state index in [9.17, 15) is 0 Å². The maximum Gasteiger partial charge on any atom is 0.164 e. The normalized spacial score (nSPS) is 11.3. The third kappa shape index (κ3) is 6.16. The van der Waals surface area contributed by atoms with Gasteiger partial charge in [-0.1, -0.05) is 164 Å². The summed E-state index contributed by atoms with van der Waals surface area (Å²) in [6.45, 7) is 0. The molecule has 0 N–H and O–H groups in total. The lowest BCUT2D eigenvalue weighted by atomic mass is 9.96. The van der Waals surface area contributed by atoms with Gasteiger partial charge < -0.3 is 4.57 Å². The van der Waals surface area contributed by atoms with Gasteiger partial charge in [0.05, 0.1) is 11.2 Å². The van der Waals surface area contributed by atoms with Gasteiger partial charge >= 0.3 is 0 Å². The summed E-state index contributed by atoms with van der Waals surface area (Å²) >= 11 is 0. The number of nitrogens with zero attached hydrogens (tertiary/aromatic N) is 4. The molecule has 258 valence electrons. The SMILES string of the molecule is c1ccc(-c2nc(-c3ccccc3)nc(-c3cccc(-c4cccc(-c5cccc(-c6cc7c8ccccc8ccc7n6-c6ccccc6)c5)c4)c3)n2)cc1. The van der Waals surface area contributed by atoms with Crippen LogP contribution in [0.25, 0.3) is 95.0 Å². The minimum absolute atomic E-state index is 0.639. The van der Waals surface area contributed by atoms with Gasteiger partial charge in [0.1, 0.15) is 0 Å². The van der Waals surface area contributed by atoms with E-state index in [1.807, 2.05) is 60.7 Å². The van der Waals surface area contributed by atoms with Crippen molar-refractivity contribution in [2.45, 2.75) is 0 Å². The fraction of sp³-hybridized carbons (Fsp3) is 0. The topological polar surface area (TPSA) is 43.6 Å². The van der Waals surface area contributed by atoms with E-state index >= 15 is 0 Å². The second kappa shape index (κ2) is 13.8. The lowest BCUT2D eigenvalue weighted by molar-refractivity contribution is 1.07. The zero-order valence-electron chi connectivity index (χ0n) is 29.9. The van der Waals surface area contributed by atoms with E-state index in [4.69, 9.17) is 15.0 Å². The highest BCUT2D eigenvalue weighted by Gasteiger charge is 2.16. The molecule has 55 heavy (non-hydrogen) atoms. The first-order valence-corrected chi connectivity index (χ1v) is 18.5. The molecule has 4 nitrogen and oxygen atoms in total. The summed E-state index contributed by atoms with van der Waals surface area (Å²) in [4.78, 5) is 14.8. The molecular weight excluding hydrogens is 669 g/mol. The highest BCUT2D eigenvalue weighted by atomic mass is 15.0. The van der Waals surface area contributed by atoms with Crippen molar-refractivity contribution in [2.75, 3.05) is 0 Å². The number of aromatic nitrogens is 4. The molecular formula is C51H34N4. The van der Waals surface area contributed by atoms with Crippen LogP contribution in [0.5, 0.6) is 0 Å². The molecule has 2 heterocycles. The lowest BCUT2D eigenvalue weighted by Gasteiger charge is -2.13. The minimum Gasteiger partial charge on any atom is -0.309 e. The Morgan fingerprint density at radius 1 is 0.291 bits per heavy atom. The van der Waals surface area contributed by atoms with Gasteiger partial charge in [-0.3, -0.25) is 0 Å². The number of hydrogen-bond donors (Lipinski definition) is 0. The van der Waals surface area contributed by atoms with E-state index < -0.39 is 0 Å². The van der Waals surface area contributed by atoms with E-state index in [1.165, 1.54) is 21.7 Å². The molecule has 10 rings (SSSR count). The van der Waals surface area contributed by atoms with Crippen LogP contribution in [-0.2, 0) is 0 Å². The fourth-order valence-electron chi connectivity index (χ4n) is 7.54. The third-order valence-electron chi connectivity index (χ3n) is 10.2. The Labute approximate surface area is 319 Å². The molecule has 0 saturated heterocycles. The van der Waals surface area contributed by atoms with E-state index in [-0.39, 0.29) is 0 Å². The fourth-order valence-corrected chi connectivity index (χ4v) is 7.54. The summed E-state index contributed by atoms with van der Waals surface area (Å²) in [5.41, 5.74) is 12.0. The molecule has 0 radical (unpaired) electrons. The minimum atomic E-state index is 0.639. The van der Waals surface area contributed by atoms with E-state index in [0.717, 1.165) is 55.9 Å². The largest absolute Gasteiger partial charge is 0.309 e. The highest BCUT2D eigenvalue weighted by molar-refractivity contribution is 6.09. The molecule has 0 atom stereocenters. The average molecular weight is 703 g/mol. The molecule has 8 aromatic carbocycles. The van der Waals surface area contributed by atoms with Gasteiger partial charge in [-0.05, 0) is 81.1 Å². The molecule has 0 unspecified atom stereocenters. The van der Waals surface area contributed by atoms with Crippen molar-refractivity contribution in [3.8, 4) is 73.4 Å². The van der Waals surface area contributed by atoms with Crippen LogP contribution in [0.3, 0.4) is 0 Å². The average Bonchev–Trinajstić information content (AvgIpc) is 3.68. The number of fused-ring (bicyclic) bond motifs is 3. The summed E-state index contributed by atoms with van der Waals surface area (Å²) in [5.74, 6) is 1.94. The number of benzene rings is 8. The van der Waals surface area contributed by atoms with Crippen LogP contribution in [0.4, 0.5) is 0 Å². The molecule has 10 aromatic rings. The molecule has 0 aliphatic heterocycles. The Hall–Kier alpha value is -7.43. The van der Waals surface area contributed by atoms with Gasteiger partial charge in [0.2, 0.25) is 0 Å². The van der Waals surface area contributed by atoms with E-state index in [2.05, 4.69) is 150 Å². The molecule has 4 heteroatoms. The zero-order chi connectivity index (χ0) is 36.6. The second-order valence-corrected chi connectivity index (χ2v) is 13.7. The summed E-state index contributed by atoms with van der Waals surface area (Å²) in [7, 11) is 0. The quantitative estimate of drug-likeness (QED) is 0.166. The van der Waals surface area contributed by atoms with Crippen LogP contribution in [-0.4, -0.2) is 19.5 Å². The van der Waals surface area contributed by atoms with Gasteiger partial charge in [-0.2, -0.15) is 0 Å². The number of para-hydroxylation sites is 1. The molecule has 0 fully saturated rings. The Morgan fingerprint density at radius 2 is 0.727 bits per heavy atom. The van der Waals surface area contributed by atoms with Crippen molar-refractivity contribution in [2.24, 2.45) is 0 Å². The monoisotopic (exact) mass is 702 g/mol. The Bertz CT molecular complexity index is 2910. The summed E-state index contributed by atoms with van der Waals surface area (Å²) in [6, 6.07) is 72.4. The zero-order valence-corrected chi connectivity index (χ0v) is 29.9. The van der Waals surface area contributed by atoms with Crippen molar-refractivity contribution in [3.05, 3.63) is 206 Å². The van der Waals surface area contributed by atoms with Crippen LogP contribution in [0.1, 0.15) is 0 Å². The molecule has 0 saturated carbocycles. The smallest absolute Gasteiger partial charge is 0.164 e. The highest BCUT2D eigenvalue weighted by Crippen LogP contribution is 2.38. The second-order valence-electron chi connectivity index (χ2n) is 13.7. The van der Waals surface area contributed by atoms with Gasteiger partial charge in [0, 0.05) is 27.8 Å². The van der Waals surface area contributed by atoms with Gasteiger partial charge in [0.25, 0.3) is 0 Å². The van der Waals surface area contributed by atoms with Gasteiger partial charge in [-0.25, -0.2) is 15.0 Å². The first-order valence-electron chi connectivity index (χ1n) is 18.5. The standard InChI is InChI=1S/C51H34N4/c1-4-16-36(17-5-1)49-52-50(37-18-6-2-7-19-37)54-51(53-49)43-25-14-23-41(33-43)39-21-12-20-38(31-39)40-22-13-24-42(32-40)48-34-46-45-28-11-10-15-35(45)29-30-47(46)55(48)44-26-8-3-9-27-44/h1-34H. The van der Waals surface area contributed by atoms with Crippen LogP contribution in [0.15, 0.2) is 206 Å². The lowest BCUT2D eigenvalue weighted by Crippen LogP contribution is -2.00. The van der Waals surface area contributed by atoms with E-state index in [1.54, 1.807) is 0 Å². The van der Waals surface area contributed by atoms with Crippen LogP contribution in [0.2, 0.25) is 0 Å². The maximum absolute atomic E-state index is 4.97. The third-order valence-corrected chi connectivity index (χ3v) is 10.2. The van der Waals surface area contributed by atoms with Crippen molar-refractivity contribution in [1.29, 1.82) is 0 Å². The van der Waals surface area contributed by atoms with Crippen molar-refractivity contribution < 1.29 is 0 Å². The number of hydrogen-bond acceptors (Lipinski definition) is 3. The molecule has 2 aromatic heterocycles. The van der Waals surface area contributed by atoms with Crippen molar-refractivity contribution in [1.82, 2.24) is 19.5 Å². The van der Waals surface area contributed by atoms with Crippen LogP contribution in [0, 0.1) is 0 Å². The molecule has 0 aliphatic rings. The Balaban J connectivity index is 1.04. The maximum atomic E-state index is 4.97. The molecule has 0 aliphatic carbocycles. The van der Waals surface area contributed by atoms with E-state index in [0.29, 0.717) is 17.5 Å².